The number of anilines is 1. The number of hydrogen-bond donors (Lipinski definition) is 1. The van der Waals surface area contributed by atoms with Crippen molar-refractivity contribution < 1.29 is 13.7 Å². The molecule has 0 spiro atoms. The lowest BCUT2D eigenvalue weighted by molar-refractivity contribution is 0.0994. The third kappa shape index (κ3) is 2.84. The molecule has 1 amide bonds. The SMILES string of the molecule is Cc1ccc2oc(C(=O)Nc3onc4c3CC(C)CC4)cc(=O)c2c1. The number of carbonyl (C=O) groups excluding carboxylic acids is 1. The maximum absolute atomic E-state index is 12.5. The molecule has 6 nitrogen and oxygen atoms in total. The number of hydrogen-bond acceptors (Lipinski definition) is 5. The van der Waals surface area contributed by atoms with Crippen LogP contribution < -0.4 is 10.7 Å². The first-order valence-electron chi connectivity index (χ1n) is 8.34. The summed E-state index contributed by atoms with van der Waals surface area (Å²) in [5.74, 6) is 0.301. The number of rotatable bonds is 2. The molecule has 1 N–H and O–H groups in total. The number of amides is 1. The third-order valence-corrected chi connectivity index (χ3v) is 4.63. The van der Waals surface area contributed by atoms with Crippen LogP contribution in [0.5, 0.6) is 0 Å². The van der Waals surface area contributed by atoms with Crippen LogP contribution in [-0.4, -0.2) is 11.1 Å². The van der Waals surface area contributed by atoms with Gasteiger partial charge in [-0.05, 0) is 44.2 Å². The summed E-state index contributed by atoms with van der Waals surface area (Å²) in [6.45, 7) is 4.06. The Balaban J connectivity index is 1.66. The van der Waals surface area contributed by atoms with Crippen molar-refractivity contribution in [3.8, 4) is 0 Å². The lowest BCUT2D eigenvalue weighted by atomic mass is 9.89. The molecule has 2 heterocycles. The van der Waals surface area contributed by atoms with Crippen molar-refractivity contribution >= 4 is 22.8 Å². The Bertz CT molecular complexity index is 1030. The molecular formula is C19H18N2O4. The Kier molecular flexibility index (Phi) is 3.67. The van der Waals surface area contributed by atoms with E-state index in [0.717, 1.165) is 36.1 Å². The van der Waals surface area contributed by atoms with Crippen LogP contribution in [0.2, 0.25) is 0 Å². The van der Waals surface area contributed by atoms with Crippen LogP contribution in [0.3, 0.4) is 0 Å². The number of aromatic nitrogens is 1. The summed E-state index contributed by atoms with van der Waals surface area (Å²) >= 11 is 0. The lowest BCUT2D eigenvalue weighted by Gasteiger charge is -2.16. The van der Waals surface area contributed by atoms with E-state index in [1.54, 1.807) is 12.1 Å². The zero-order valence-corrected chi connectivity index (χ0v) is 14.1. The summed E-state index contributed by atoms with van der Waals surface area (Å²) in [5.41, 5.74) is 2.92. The molecule has 2 aromatic heterocycles. The van der Waals surface area contributed by atoms with Crippen LogP contribution in [0.1, 0.15) is 40.7 Å². The molecule has 0 aliphatic heterocycles. The summed E-state index contributed by atoms with van der Waals surface area (Å²) in [4.78, 5) is 24.8. The second-order valence-corrected chi connectivity index (χ2v) is 6.71. The molecule has 6 heteroatoms. The predicted molar refractivity (Wildman–Crippen MR) is 92.9 cm³/mol. The van der Waals surface area contributed by atoms with Crippen LogP contribution in [0.4, 0.5) is 5.88 Å². The van der Waals surface area contributed by atoms with E-state index in [1.165, 1.54) is 6.07 Å². The minimum Gasteiger partial charge on any atom is -0.451 e. The smallest absolute Gasteiger partial charge is 0.293 e. The highest BCUT2D eigenvalue weighted by molar-refractivity contribution is 6.02. The van der Waals surface area contributed by atoms with Crippen LogP contribution >= 0.6 is 0 Å². The first-order chi connectivity index (χ1) is 12.0. The van der Waals surface area contributed by atoms with Crippen molar-refractivity contribution in [1.29, 1.82) is 0 Å². The Labute approximate surface area is 143 Å². The second kappa shape index (κ2) is 5.88. The Morgan fingerprint density at radius 1 is 1.32 bits per heavy atom. The first kappa shape index (κ1) is 15.6. The number of benzene rings is 1. The van der Waals surface area contributed by atoms with Crippen molar-refractivity contribution in [2.75, 3.05) is 5.32 Å². The van der Waals surface area contributed by atoms with E-state index in [2.05, 4.69) is 17.4 Å². The molecule has 0 bridgehead atoms. The van der Waals surface area contributed by atoms with Gasteiger partial charge in [-0.15, -0.1) is 0 Å². The Hall–Kier alpha value is -2.89. The van der Waals surface area contributed by atoms with Crippen LogP contribution in [0, 0.1) is 12.8 Å². The third-order valence-electron chi connectivity index (χ3n) is 4.63. The van der Waals surface area contributed by atoms with E-state index in [-0.39, 0.29) is 11.2 Å². The van der Waals surface area contributed by atoms with Gasteiger partial charge >= 0.3 is 0 Å². The van der Waals surface area contributed by atoms with Gasteiger partial charge in [-0.2, -0.15) is 0 Å². The summed E-state index contributed by atoms with van der Waals surface area (Å²) in [7, 11) is 0. The van der Waals surface area contributed by atoms with Crippen LogP contribution in [-0.2, 0) is 12.8 Å². The van der Waals surface area contributed by atoms with E-state index in [0.29, 0.717) is 22.8 Å². The summed E-state index contributed by atoms with van der Waals surface area (Å²) in [6, 6.07) is 6.49. The maximum atomic E-state index is 12.5. The van der Waals surface area contributed by atoms with Gasteiger partial charge in [-0.25, -0.2) is 0 Å². The van der Waals surface area contributed by atoms with Gasteiger partial charge in [0.15, 0.2) is 11.2 Å². The number of nitrogens with zero attached hydrogens (tertiary/aromatic N) is 1. The standard InChI is InChI=1S/C19H18N2O4/c1-10-3-5-14-12(7-10)19(25-21-14)20-18(23)17-9-15(22)13-8-11(2)4-6-16(13)24-17/h4,6,8-10H,3,5,7H2,1-2H3,(H,20,23). The number of nitrogens with one attached hydrogen (secondary N) is 1. The minimum absolute atomic E-state index is 0.0460. The van der Waals surface area contributed by atoms with Crippen molar-refractivity contribution in [1.82, 2.24) is 5.16 Å². The fraction of sp³-hybridized carbons (Fsp3) is 0.316. The molecule has 1 aromatic carbocycles. The summed E-state index contributed by atoms with van der Waals surface area (Å²) < 4.78 is 10.9. The van der Waals surface area contributed by atoms with Crippen molar-refractivity contribution in [2.24, 2.45) is 5.92 Å². The van der Waals surface area contributed by atoms with Gasteiger partial charge in [0.2, 0.25) is 5.88 Å². The molecule has 1 aliphatic carbocycles. The molecule has 0 fully saturated rings. The van der Waals surface area contributed by atoms with Gasteiger partial charge in [0.1, 0.15) is 5.58 Å². The average molecular weight is 338 g/mol. The molecule has 0 radical (unpaired) electrons. The quantitative estimate of drug-likeness (QED) is 0.773. The molecule has 1 atom stereocenters. The van der Waals surface area contributed by atoms with Gasteiger partial charge < -0.3 is 8.94 Å². The normalized spacial score (nSPS) is 16.6. The highest BCUT2D eigenvalue weighted by Crippen LogP contribution is 2.30. The van der Waals surface area contributed by atoms with Gasteiger partial charge in [-0.1, -0.05) is 23.7 Å². The zero-order valence-electron chi connectivity index (χ0n) is 14.1. The second-order valence-electron chi connectivity index (χ2n) is 6.71. The number of carbonyl (C=O) groups is 1. The Morgan fingerprint density at radius 2 is 2.16 bits per heavy atom. The maximum Gasteiger partial charge on any atom is 0.293 e. The van der Waals surface area contributed by atoms with Crippen LogP contribution in [0.15, 0.2) is 38.0 Å². The fourth-order valence-corrected chi connectivity index (χ4v) is 3.23. The van der Waals surface area contributed by atoms with Crippen molar-refractivity contribution in [2.45, 2.75) is 33.1 Å². The van der Waals surface area contributed by atoms with Crippen molar-refractivity contribution in [3.63, 3.8) is 0 Å². The van der Waals surface area contributed by atoms with E-state index < -0.39 is 5.91 Å². The van der Waals surface area contributed by atoms with E-state index in [9.17, 15) is 9.59 Å². The number of aryl methyl sites for hydroxylation is 2. The average Bonchev–Trinajstić information content (AvgIpc) is 2.97. The largest absolute Gasteiger partial charge is 0.451 e. The molecule has 0 saturated heterocycles. The van der Waals surface area contributed by atoms with Gasteiger partial charge in [0.25, 0.3) is 5.91 Å². The highest BCUT2D eigenvalue weighted by Gasteiger charge is 2.25. The molecule has 3 aromatic rings. The van der Waals surface area contributed by atoms with E-state index >= 15 is 0 Å². The van der Waals surface area contributed by atoms with Crippen molar-refractivity contribution in [3.05, 3.63) is 57.1 Å². The van der Waals surface area contributed by atoms with Crippen LogP contribution in [0.25, 0.3) is 11.0 Å². The first-order valence-corrected chi connectivity index (χ1v) is 8.34. The number of fused-ring (bicyclic) bond motifs is 2. The Morgan fingerprint density at radius 3 is 3.00 bits per heavy atom. The fourth-order valence-electron chi connectivity index (χ4n) is 3.23. The summed E-state index contributed by atoms with van der Waals surface area (Å²) in [5, 5.41) is 7.18. The topological polar surface area (TPSA) is 85.3 Å². The summed E-state index contributed by atoms with van der Waals surface area (Å²) in [6.07, 6.45) is 2.72. The minimum atomic E-state index is -0.517. The molecular weight excluding hydrogens is 320 g/mol. The predicted octanol–water partition coefficient (Wildman–Crippen LogP) is 3.47. The van der Waals surface area contributed by atoms with Gasteiger partial charge in [0.05, 0.1) is 11.1 Å². The molecule has 0 saturated carbocycles. The van der Waals surface area contributed by atoms with Gasteiger partial charge in [-0.3, -0.25) is 14.9 Å². The van der Waals surface area contributed by atoms with Gasteiger partial charge in [0, 0.05) is 11.6 Å². The zero-order chi connectivity index (χ0) is 17.6. The monoisotopic (exact) mass is 338 g/mol. The molecule has 1 aliphatic rings. The molecule has 1 unspecified atom stereocenters. The van der Waals surface area contributed by atoms with E-state index in [4.69, 9.17) is 8.94 Å². The molecule has 4 rings (SSSR count). The molecule has 128 valence electrons. The lowest BCUT2D eigenvalue weighted by Crippen LogP contribution is -2.17. The molecule has 25 heavy (non-hydrogen) atoms. The van der Waals surface area contributed by atoms with E-state index in [1.807, 2.05) is 13.0 Å². The highest BCUT2D eigenvalue weighted by atomic mass is 16.5.